The summed E-state index contributed by atoms with van der Waals surface area (Å²) in [5.74, 6) is -0.295. The Morgan fingerprint density at radius 1 is 1.26 bits per heavy atom. The number of carbonyl (C=O) groups is 2. The normalized spacial score (nSPS) is 13.0. The van der Waals surface area contributed by atoms with E-state index in [9.17, 15) is 14.7 Å². The van der Waals surface area contributed by atoms with E-state index in [2.05, 4.69) is 4.74 Å². The number of esters is 1. The second kappa shape index (κ2) is 9.79. The Kier molecular flexibility index (Phi) is 8.05. The fourth-order valence-corrected chi connectivity index (χ4v) is 2.46. The number of methoxy groups -OCH3 is 2. The molecule has 23 heavy (non-hydrogen) atoms. The molecule has 0 aliphatic carbocycles. The highest BCUT2D eigenvalue weighted by Gasteiger charge is 2.16. The van der Waals surface area contributed by atoms with Gasteiger partial charge in [-0.15, -0.1) is 0 Å². The monoisotopic (exact) mass is 320 g/mol. The molecule has 126 valence electrons. The van der Waals surface area contributed by atoms with E-state index in [-0.39, 0.29) is 18.3 Å². The van der Waals surface area contributed by atoms with Gasteiger partial charge in [-0.1, -0.05) is 24.3 Å². The highest BCUT2D eigenvalue weighted by molar-refractivity contribution is 5.86. The molecule has 1 aromatic rings. The van der Waals surface area contributed by atoms with Crippen molar-refractivity contribution in [3.63, 3.8) is 0 Å². The largest absolute Gasteiger partial charge is 0.490 e. The third-order valence-electron chi connectivity index (χ3n) is 3.84. The maximum Gasteiger partial charge on any atom is 0.373 e. The zero-order valence-corrected chi connectivity index (χ0v) is 13.9. The molecule has 1 rings (SSSR count). The quantitative estimate of drug-likeness (QED) is 0.327. The summed E-state index contributed by atoms with van der Waals surface area (Å²) in [6.07, 6.45) is 2.72. The first-order valence-electron chi connectivity index (χ1n) is 7.53. The molecule has 0 aliphatic rings. The second-order valence-corrected chi connectivity index (χ2v) is 5.41. The minimum Gasteiger partial charge on any atom is -0.490 e. The third-order valence-corrected chi connectivity index (χ3v) is 3.84. The van der Waals surface area contributed by atoms with Crippen molar-refractivity contribution in [1.82, 2.24) is 0 Å². The number of allylic oxidation sites excluding steroid dienone is 1. The first-order valence-corrected chi connectivity index (χ1v) is 7.53. The van der Waals surface area contributed by atoms with Gasteiger partial charge in [0.2, 0.25) is 5.76 Å². The fraction of sp³-hybridized carbons (Fsp3) is 0.444. The van der Waals surface area contributed by atoms with Gasteiger partial charge in [-0.05, 0) is 43.2 Å². The maximum atomic E-state index is 11.6. The SMILES string of the molecule is COC(=O)/C(OC)=C(\C)CCC(CO)Cc1ccccc1C=O. The molecular formula is C18H24O5. The van der Waals surface area contributed by atoms with Gasteiger partial charge in [0, 0.05) is 12.2 Å². The molecule has 0 amide bonds. The van der Waals surface area contributed by atoms with Gasteiger partial charge in [0.05, 0.1) is 14.2 Å². The molecule has 1 aromatic carbocycles. The Hall–Kier alpha value is -2.14. The lowest BCUT2D eigenvalue weighted by Gasteiger charge is -2.16. The summed E-state index contributed by atoms with van der Waals surface area (Å²) in [5.41, 5.74) is 2.34. The third kappa shape index (κ3) is 5.53. The number of carbonyl (C=O) groups excluding carboxylic acids is 2. The lowest BCUT2D eigenvalue weighted by Crippen LogP contribution is -2.13. The van der Waals surface area contributed by atoms with Crippen molar-refractivity contribution in [2.75, 3.05) is 20.8 Å². The number of hydrogen-bond acceptors (Lipinski definition) is 5. The molecule has 0 bridgehead atoms. The van der Waals surface area contributed by atoms with Crippen LogP contribution >= 0.6 is 0 Å². The lowest BCUT2D eigenvalue weighted by molar-refractivity contribution is -0.139. The Balaban J connectivity index is 2.75. The minimum absolute atomic E-state index is 0.00167. The number of rotatable bonds is 9. The zero-order valence-electron chi connectivity index (χ0n) is 13.9. The highest BCUT2D eigenvalue weighted by atomic mass is 16.6. The van der Waals surface area contributed by atoms with E-state index >= 15 is 0 Å². The van der Waals surface area contributed by atoms with Gasteiger partial charge >= 0.3 is 5.97 Å². The molecule has 1 atom stereocenters. The number of aldehydes is 1. The molecule has 0 fully saturated rings. The fourth-order valence-electron chi connectivity index (χ4n) is 2.46. The van der Waals surface area contributed by atoms with Crippen LogP contribution in [0.5, 0.6) is 0 Å². The summed E-state index contributed by atoms with van der Waals surface area (Å²) < 4.78 is 9.76. The van der Waals surface area contributed by atoms with Gasteiger partial charge in [-0.3, -0.25) is 4.79 Å². The van der Waals surface area contributed by atoms with E-state index in [0.717, 1.165) is 17.4 Å². The molecule has 0 radical (unpaired) electrons. The van der Waals surface area contributed by atoms with E-state index in [4.69, 9.17) is 4.74 Å². The average molecular weight is 320 g/mol. The number of ether oxygens (including phenoxy) is 2. The van der Waals surface area contributed by atoms with E-state index in [1.165, 1.54) is 14.2 Å². The van der Waals surface area contributed by atoms with Crippen LogP contribution < -0.4 is 0 Å². The standard InChI is InChI=1S/C18H24O5/c1-13(17(22-2)18(21)23-3)8-9-14(11-19)10-15-6-4-5-7-16(15)12-20/h4-7,12,14,19H,8-11H2,1-3H3/b17-13-. The van der Waals surface area contributed by atoms with Gasteiger partial charge in [0.25, 0.3) is 0 Å². The zero-order chi connectivity index (χ0) is 17.2. The Morgan fingerprint density at radius 3 is 2.52 bits per heavy atom. The molecule has 0 spiro atoms. The number of hydrogen-bond donors (Lipinski definition) is 1. The van der Waals surface area contributed by atoms with E-state index < -0.39 is 5.97 Å². The van der Waals surface area contributed by atoms with Gasteiger partial charge in [-0.25, -0.2) is 4.79 Å². The van der Waals surface area contributed by atoms with Crippen LogP contribution in [0.25, 0.3) is 0 Å². The maximum absolute atomic E-state index is 11.6. The van der Waals surface area contributed by atoms with Gasteiger partial charge in [-0.2, -0.15) is 0 Å². The van der Waals surface area contributed by atoms with Crippen molar-refractivity contribution in [3.8, 4) is 0 Å². The molecule has 0 saturated heterocycles. The number of aliphatic hydroxyl groups excluding tert-OH is 1. The predicted molar refractivity (Wildman–Crippen MR) is 87.1 cm³/mol. The lowest BCUT2D eigenvalue weighted by atomic mass is 9.91. The van der Waals surface area contributed by atoms with E-state index in [1.54, 1.807) is 6.07 Å². The minimum atomic E-state index is -0.503. The first kappa shape index (κ1) is 18.9. The van der Waals surface area contributed by atoms with Crippen LogP contribution in [-0.2, 0) is 20.7 Å². The second-order valence-electron chi connectivity index (χ2n) is 5.41. The molecular weight excluding hydrogens is 296 g/mol. The summed E-state index contributed by atoms with van der Waals surface area (Å²) in [7, 11) is 2.74. The van der Waals surface area contributed by atoms with Gasteiger partial charge in [0.1, 0.15) is 6.29 Å². The van der Waals surface area contributed by atoms with Crippen LogP contribution in [-0.4, -0.2) is 38.2 Å². The van der Waals surface area contributed by atoms with Crippen molar-refractivity contribution < 1.29 is 24.2 Å². The Bertz CT molecular complexity index is 562. The van der Waals surface area contributed by atoms with Crippen LogP contribution in [0.2, 0.25) is 0 Å². The summed E-state index contributed by atoms with van der Waals surface area (Å²) >= 11 is 0. The molecule has 0 aromatic heterocycles. The molecule has 0 aliphatic heterocycles. The van der Waals surface area contributed by atoms with E-state index in [1.807, 2.05) is 25.1 Å². The van der Waals surface area contributed by atoms with Gasteiger partial charge < -0.3 is 14.6 Å². The predicted octanol–water partition coefficient (Wildman–Crippen LogP) is 2.52. The molecule has 5 nitrogen and oxygen atoms in total. The van der Waals surface area contributed by atoms with Crippen molar-refractivity contribution in [2.24, 2.45) is 5.92 Å². The molecule has 1 N–H and O–H groups in total. The highest BCUT2D eigenvalue weighted by Crippen LogP contribution is 2.21. The molecule has 5 heteroatoms. The smallest absolute Gasteiger partial charge is 0.373 e. The summed E-state index contributed by atoms with van der Waals surface area (Å²) in [4.78, 5) is 22.6. The van der Waals surface area contributed by atoms with E-state index in [0.29, 0.717) is 24.8 Å². The summed E-state index contributed by atoms with van der Waals surface area (Å²) in [6, 6.07) is 7.35. The average Bonchev–Trinajstić information content (AvgIpc) is 2.59. The summed E-state index contributed by atoms with van der Waals surface area (Å²) in [5, 5.41) is 9.59. The van der Waals surface area contributed by atoms with Crippen molar-refractivity contribution in [2.45, 2.75) is 26.2 Å². The molecule has 0 heterocycles. The van der Waals surface area contributed by atoms with Crippen molar-refractivity contribution in [1.29, 1.82) is 0 Å². The number of aliphatic hydroxyl groups is 1. The van der Waals surface area contributed by atoms with Crippen molar-refractivity contribution in [3.05, 3.63) is 46.7 Å². The van der Waals surface area contributed by atoms with Crippen LogP contribution in [0.4, 0.5) is 0 Å². The van der Waals surface area contributed by atoms with Crippen LogP contribution in [0.15, 0.2) is 35.6 Å². The number of benzene rings is 1. The summed E-state index contributed by atoms with van der Waals surface area (Å²) in [6.45, 7) is 1.82. The van der Waals surface area contributed by atoms with Crippen LogP contribution in [0, 0.1) is 5.92 Å². The Morgan fingerprint density at radius 2 is 1.96 bits per heavy atom. The first-order chi connectivity index (χ1) is 11.1. The van der Waals surface area contributed by atoms with Crippen LogP contribution in [0.3, 0.4) is 0 Å². The Labute approximate surface area is 136 Å². The topological polar surface area (TPSA) is 72.8 Å². The molecule has 0 saturated carbocycles. The van der Waals surface area contributed by atoms with Gasteiger partial charge in [0.15, 0.2) is 0 Å². The molecule has 1 unspecified atom stereocenters. The van der Waals surface area contributed by atoms with Crippen LogP contribution in [0.1, 0.15) is 35.7 Å². The van der Waals surface area contributed by atoms with Crippen molar-refractivity contribution >= 4 is 12.3 Å².